The Kier molecular flexibility index (Phi) is 4.21. The van der Waals surface area contributed by atoms with Crippen LogP contribution in [0.5, 0.6) is 0 Å². The minimum atomic E-state index is 0.974. The van der Waals surface area contributed by atoms with Gasteiger partial charge in [-0.3, -0.25) is 0 Å². The number of hydrogen-bond donors (Lipinski definition) is 0. The zero-order valence-electron chi connectivity index (χ0n) is 18.1. The summed E-state index contributed by atoms with van der Waals surface area (Å²) in [6, 6.07) is 24.3. The molecule has 0 atom stereocenters. The van der Waals surface area contributed by atoms with Gasteiger partial charge < -0.3 is 4.42 Å². The van der Waals surface area contributed by atoms with Gasteiger partial charge in [-0.05, 0) is 60.9 Å². The summed E-state index contributed by atoms with van der Waals surface area (Å²) in [5, 5.41) is 2.37. The fourth-order valence-electron chi connectivity index (χ4n) is 5.19. The molecule has 2 heterocycles. The molecule has 0 bridgehead atoms. The third-order valence-electron chi connectivity index (χ3n) is 6.85. The van der Waals surface area contributed by atoms with E-state index in [1.54, 1.807) is 0 Å². The van der Waals surface area contributed by atoms with Crippen LogP contribution in [0, 0.1) is 6.92 Å². The highest BCUT2D eigenvalue weighted by molar-refractivity contribution is 6.13. The second-order valence-electron chi connectivity index (χ2n) is 8.81. The van der Waals surface area contributed by atoms with Crippen molar-refractivity contribution in [3.8, 4) is 22.4 Å². The van der Waals surface area contributed by atoms with Crippen molar-refractivity contribution in [3.05, 3.63) is 89.6 Å². The molecule has 0 unspecified atom stereocenters. The summed E-state index contributed by atoms with van der Waals surface area (Å²) in [5.41, 5.74) is 11.0. The lowest BCUT2D eigenvalue weighted by atomic mass is 9.89. The quantitative estimate of drug-likeness (QED) is 0.292. The van der Waals surface area contributed by atoms with Crippen LogP contribution in [0.3, 0.4) is 0 Å². The molecule has 0 aliphatic heterocycles. The zero-order chi connectivity index (χ0) is 20.9. The van der Waals surface area contributed by atoms with Crippen LogP contribution in [-0.4, -0.2) is 0 Å². The van der Waals surface area contributed by atoms with Gasteiger partial charge in [0.15, 0.2) is 6.20 Å². The van der Waals surface area contributed by atoms with Gasteiger partial charge in [-0.15, -0.1) is 0 Å². The number of pyridine rings is 1. The maximum Gasteiger partial charge on any atom is 0.216 e. The van der Waals surface area contributed by atoms with E-state index in [9.17, 15) is 0 Å². The first-order valence-electron chi connectivity index (χ1n) is 11.2. The minimum Gasteiger partial charge on any atom is -0.454 e. The van der Waals surface area contributed by atoms with E-state index >= 15 is 0 Å². The Morgan fingerprint density at radius 2 is 1.61 bits per heavy atom. The van der Waals surface area contributed by atoms with Crippen LogP contribution in [0.2, 0.25) is 0 Å². The number of benzene rings is 3. The number of rotatable bonds is 2. The van der Waals surface area contributed by atoms with Crippen molar-refractivity contribution in [3.63, 3.8) is 0 Å². The zero-order valence-corrected chi connectivity index (χ0v) is 18.1. The van der Waals surface area contributed by atoms with Gasteiger partial charge >= 0.3 is 0 Å². The molecule has 0 saturated heterocycles. The normalized spacial score (nSPS) is 13.6. The van der Waals surface area contributed by atoms with Crippen molar-refractivity contribution >= 4 is 21.9 Å². The second-order valence-corrected chi connectivity index (χ2v) is 8.81. The molecule has 1 aliphatic carbocycles. The van der Waals surface area contributed by atoms with E-state index in [0.717, 1.165) is 11.2 Å². The second kappa shape index (κ2) is 7.09. The van der Waals surface area contributed by atoms with Crippen molar-refractivity contribution < 1.29 is 8.98 Å². The van der Waals surface area contributed by atoms with Gasteiger partial charge in [-0.2, -0.15) is 0 Å². The molecule has 3 aromatic carbocycles. The standard InChI is InChI=1S/C29H26NO/c1-19-13-16-25-24-11-7-10-23(22-15-14-20-8-3-4-9-21(20)18-22)28(24)31-29(25)27(19)26-12-5-6-17-30(26)2/h5-7,10-18H,3-4,8-9H2,1-2H3/q+1. The van der Waals surface area contributed by atoms with Crippen molar-refractivity contribution in [2.45, 2.75) is 32.6 Å². The number of furan rings is 1. The topological polar surface area (TPSA) is 17.0 Å². The predicted molar refractivity (Wildman–Crippen MR) is 127 cm³/mol. The Morgan fingerprint density at radius 1 is 0.774 bits per heavy atom. The first-order chi connectivity index (χ1) is 15.2. The Bertz CT molecular complexity index is 1460. The molecule has 5 aromatic rings. The molecule has 0 radical (unpaired) electrons. The first kappa shape index (κ1) is 18.4. The molecule has 6 rings (SSSR count). The van der Waals surface area contributed by atoms with E-state index in [-0.39, 0.29) is 0 Å². The van der Waals surface area contributed by atoms with Gasteiger partial charge in [0, 0.05) is 28.5 Å². The summed E-state index contributed by atoms with van der Waals surface area (Å²) < 4.78 is 8.86. The number of fused-ring (bicyclic) bond motifs is 4. The van der Waals surface area contributed by atoms with Gasteiger partial charge in [-0.1, -0.05) is 48.5 Å². The van der Waals surface area contributed by atoms with Gasteiger partial charge in [0.25, 0.3) is 0 Å². The van der Waals surface area contributed by atoms with Gasteiger partial charge in [-0.25, -0.2) is 4.57 Å². The van der Waals surface area contributed by atoms with E-state index in [0.29, 0.717) is 0 Å². The molecule has 0 saturated carbocycles. The van der Waals surface area contributed by atoms with E-state index in [1.807, 2.05) is 0 Å². The van der Waals surface area contributed by atoms with Crippen LogP contribution in [0.4, 0.5) is 0 Å². The van der Waals surface area contributed by atoms with Crippen LogP contribution in [0.25, 0.3) is 44.3 Å². The van der Waals surface area contributed by atoms with Crippen molar-refractivity contribution in [2.24, 2.45) is 7.05 Å². The number of hydrogen-bond acceptors (Lipinski definition) is 1. The fourth-order valence-corrected chi connectivity index (χ4v) is 5.19. The lowest BCUT2D eigenvalue weighted by Crippen LogP contribution is -2.30. The average Bonchev–Trinajstić information content (AvgIpc) is 3.18. The largest absolute Gasteiger partial charge is 0.454 e. The maximum absolute atomic E-state index is 6.69. The molecule has 31 heavy (non-hydrogen) atoms. The lowest BCUT2D eigenvalue weighted by Gasteiger charge is -2.16. The minimum absolute atomic E-state index is 0.974. The molecule has 0 spiro atoms. The number of aromatic nitrogens is 1. The highest BCUT2D eigenvalue weighted by Crippen LogP contribution is 2.41. The van der Waals surface area contributed by atoms with Crippen LogP contribution in [-0.2, 0) is 19.9 Å². The lowest BCUT2D eigenvalue weighted by molar-refractivity contribution is -0.660. The van der Waals surface area contributed by atoms with Crippen LogP contribution in [0.1, 0.15) is 29.5 Å². The Morgan fingerprint density at radius 3 is 2.48 bits per heavy atom. The molecule has 2 nitrogen and oxygen atoms in total. The summed E-state index contributed by atoms with van der Waals surface area (Å²) in [5.74, 6) is 0. The molecule has 0 amide bonds. The summed E-state index contributed by atoms with van der Waals surface area (Å²) in [6.45, 7) is 2.17. The molecule has 152 valence electrons. The third kappa shape index (κ3) is 2.90. The fraction of sp³-hybridized carbons (Fsp3) is 0.207. The van der Waals surface area contributed by atoms with Crippen LogP contribution in [0.15, 0.2) is 77.3 Å². The van der Waals surface area contributed by atoms with Gasteiger partial charge in [0.05, 0.1) is 5.56 Å². The summed E-state index contributed by atoms with van der Waals surface area (Å²) in [7, 11) is 2.09. The summed E-state index contributed by atoms with van der Waals surface area (Å²) in [6.07, 6.45) is 7.09. The Labute approximate surface area is 182 Å². The van der Waals surface area contributed by atoms with Crippen molar-refractivity contribution in [1.29, 1.82) is 0 Å². The van der Waals surface area contributed by atoms with Crippen LogP contribution >= 0.6 is 0 Å². The molecule has 2 aromatic heterocycles. The van der Waals surface area contributed by atoms with Gasteiger partial charge in [0.2, 0.25) is 5.69 Å². The number of nitrogens with zero attached hydrogens (tertiary/aromatic N) is 1. The Balaban J connectivity index is 1.63. The molecule has 0 N–H and O–H groups in total. The first-order valence-corrected chi connectivity index (χ1v) is 11.2. The van der Waals surface area contributed by atoms with Gasteiger partial charge in [0.1, 0.15) is 18.2 Å². The molecule has 1 aliphatic rings. The highest BCUT2D eigenvalue weighted by Gasteiger charge is 2.21. The maximum atomic E-state index is 6.69. The van der Waals surface area contributed by atoms with E-state index in [2.05, 4.69) is 91.5 Å². The van der Waals surface area contributed by atoms with E-state index in [4.69, 9.17) is 4.42 Å². The molecule has 2 heteroatoms. The highest BCUT2D eigenvalue weighted by atomic mass is 16.3. The smallest absolute Gasteiger partial charge is 0.216 e. The van der Waals surface area contributed by atoms with Crippen LogP contribution < -0.4 is 4.57 Å². The third-order valence-corrected chi connectivity index (χ3v) is 6.85. The molecular formula is C29H26NO+. The van der Waals surface area contributed by atoms with E-state index in [1.165, 1.54) is 75.5 Å². The van der Waals surface area contributed by atoms with Crippen molar-refractivity contribution in [1.82, 2.24) is 0 Å². The van der Waals surface area contributed by atoms with E-state index < -0.39 is 0 Å². The number of para-hydroxylation sites is 1. The Hall–Kier alpha value is -3.39. The number of aryl methyl sites for hydroxylation is 4. The molecular weight excluding hydrogens is 378 g/mol. The predicted octanol–water partition coefficient (Wildman–Crippen LogP) is 6.93. The molecule has 0 fully saturated rings. The van der Waals surface area contributed by atoms with Crippen molar-refractivity contribution in [2.75, 3.05) is 0 Å². The monoisotopic (exact) mass is 404 g/mol. The summed E-state index contributed by atoms with van der Waals surface area (Å²) in [4.78, 5) is 0. The average molecular weight is 405 g/mol. The summed E-state index contributed by atoms with van der Waals surface area (Å²) >= 11 is 0. The SMILES string of the molecule is Cc1ccc2c(oc3c(-c4ccc5c(c4)CCCC5)cccc32)c1-c1cccc[n+]1C.